The number of carbonyl (C=O) groups excluding carboxylic acids is 1. The number of nitrogens with zero attached hydrogens (tertiary/aromatic N) is 1. The third-order valence-corrected chi connectivity index (χ3v) is 5.57. The van der Waals surface area contributed by atoms with Crippen LogP contribution in [0.4, 0.5) is 0 Å². The van der Waals surface area contributed by atoms with Crippen molar-refractivity contribution in [2.75, 3.05) is 6.61 Å². The topological polar surface area (TPSA) is 57.1 Å². The van der Waals surface area contributed by atoms with Crippen molar-refractivity contribution < 1.29 is 19.0 Å². The maximum atomic E-state index is 12.4. The van der Waals surface area contributed by atoms with E-state index < -0.39 is 5.97 Å². The van der Waals surface area contributed by atoms with Crippen molar-refractivity contribution in [1.82, 2.24) is 0 Å². The van der Waals surface area contributed by atoms with Crippen molar-refractivity contribution in [3.8, 4) is 11.5 Å². The summed E-state index contributed by atoms with van der Waals surface area (Å²) in [5.41, 5.74) is 3.88. The molecule has 0 fully saturated rings. The van der Waals surface area contributed by atoms with Crippen LogP contribution in [0, 0.1) is 6.92 Å². The second-order valence-corrected chi connectivity index (χ2v) is 8.08. The molecule has 1 heterocycles. The van der Waals surface area contributed by atoms with E-state index in [0.717, 1.165) is 26.7 Å². The van der Waals surface area contributed by atoms with Crippen molar-refractivity contribution in [2.45, 2.75) is 20.5 Å². The van der Waals surface area contributed by atoms with E-state index in [1.54, 1.807) is 6.08 Å². The van der Waals surface area contributed by atoms with Crippen molar-refractivity contribution in [2.24, 2.45) is 4.99 Å². The Morgan fingerprint density at radius 2 is 1.84 bits per heavy atom. The van der Waals surface area contributed by atoms with Crippen LogP contribution < -0.4 is 9.47 Å². The summed E-state index contributed by atoms with van der Waals surface area (Å²) in [5.74, 6) is 1.06. The molecule has 0 N–H and O–H groups in total. The lowest BCUT2D eigenvalue weighted by Crippen LogP contribution is -2.05. The lowest BCUT2D eigenvalue weighted by molar-refractivity contribution is -0.129. The minimum atomic E-state index is -0.478. The molecule has 0 amide bonds. The van der Waals surface area contributed by atoms with Gasteiger partial charge in [-0.15, -0.1) is 0 Å². The fraction of sp³-hybridized carbons (Fsp3) is 0.154. The molecule has 0 aliphatic carbocycles. The molecule has 0 unspecified atom stereocenters. The van der Waals surface area contributed by atoms with Gasteiger partial charge in [0, 0.05) is 15.6 Å². The number of carbonyl (C=O) groups is 1. The smallest absolute Gasteiger partial charge is 0.363 e. The summed E-state index contributed by atoms with van der Waals surface area (Å²) in [6, 6.07) is 21.1. The van der Waals surface area contributed by atoms with Crippen molar-refractivity contribution >= 4 is 33.9 Å². The zero-order valence-corrected chi connectivity index (χ0v) is 19.4. The van der Waals surface area contributed by atoms with Gasteiger partial charge < -0.3 is 14.2 Å². The molecule has 0 saturated heterocycles. The highest BCUT2D eigenvalue weighted by Gasteiger charge is 2.24. The van der Waals surface area contributed by atoms with Crippen LogP contribution in [0.25, 0.3) is 6.08 Å². The van der Waals surface area contributed by atoms with Gasteiger partial charge in [0.15, 0.2) is 17.2 Å². The van der Waals surface area contributed by atoms with Gasteiger partial charge in [0.05, 0.1) is 6.61 Å². The van der Waals surface area contributed by atoms with E-state index in [0.29, 0.717) is 30.6 Å². The number of cyclic esters (lactones) is 1. The molecule has 1 aliphatic rings. The molecule has 5 nitrogen and oxygen atoms in total. The molecule has 3 aromatic rings. The Hall–Kier alpha value is -3.38. The van der Waals surface area contributed by atoms with Crippen molar-refractivity contribution in [1.29, 1.82) is 0 Å². The average molecular weight is 492 g/mol. The second-order valence-electron chi connectivity index (χ2n) is 7.22. The summed E-state index contributed by atoms with van der Waals surface area (Å²) in [6.07, 6.45) is 1.69. The summed E-state index contributed by atoms with van der Waals surface area (Å²) in [6.45, 7) is 4.78. The minimum Gasteiger partial charge on any atom is -0.490 e. The molecule has 162 valence electrons. The van der Waals surface area contributed by atoms with Gasteiger partial charge in [-0.2, -0.15) is 0 Å². The number of halogens is 1. The maximum Gasteiger partial charge on any atom is 0.363 e. The second kappa shape index (κ2) is 9.83. The molecule has 3 aromatic carbocycles. The Kier molecular flexibility index (Phi) is 6.71. The Labute approximate surface area is 195 Å². The van der Waals surface area contributed by atoms with Crippen molar-refractivity contribution in [3.05, 3.63) is 99.2 Å². The summed E-state index contributed by atoms with van der Waals surface area (Å²) in [5, 5.41) is 0. The zero-order valence-electron chi connectivity index (χ0n) is 17.8. The van der Waals surface area contributed by atoms with Crippen LogP contribution in [-0.2, 0) is 16.1 Å². The fourth-order valence-corrected chi connectivity index (χ4v) is 3.64. The monoisotopic (exact) mass is 491 g/mol. The first kappa shape index (κ1) is 21.8. The summed E-state index contributed by atoms with van der Waals surface area (Å²) < 4.78 is 18.1. The van der Waals surface area contributed by atoms with Crippen LogP contribution in [0.5, 0.6) is 11.5 Å². The SMILES string of the molecule is CCOc1cc(/C=C2\N=C(c3cccc(C)c3)OC2=O)ccc1OCc1ccccc1Br. The molecule has 0 atom stereocenters. The number of benzene rings is 3. The lowest BCUT2D eigenvalue weighted by atomic mass is 10.1. The van der Waals surface area contributed by atoms with Gasteiger partial charge in [-0.25, -0.2) is 9.79 Å². The van der Waals surface area contributed by atoms with Crippen molar-refractivity contribution in [3.63, 3.8) is 0 Å². The maximum absolute atomic E-state index is 12.4. The van der Waals surface area contributed by atoms with E-state index in [1.165, 1.54) is 0 Å². The molecule has 6 heteroatoms. The molecule has 0 bridgehead atoms. The fourth-order valence-electron chi connectivity index (χ4n) is 3.24. The van der Waals surface area contributed by atoms with E-state index in [4.69, 9.17) is 14.2 Å². The van der Waals surface area contributed by atoms with Crippen LogP contribution in [0.1, 0.15) is 29.2 Å². The number of ether oxygens (including phenoxy) is 3. The molecule has 4 rings (SSSR count). The number of aryl methyl sites for hydroxylation is 1. The number of esters is 1. The largest absolute Gasteiger partial charge is 0.490 e. The highest BCUT2D eigenvalue weighted by atomic mass is 79.9. The first-order valence-corrected chi connectivity index (χ1v) is 11.1. The number of aliphatic imine (C=N–C) groups is 1. The molecular weight excluding hydrogens is 470 g/mol. The Morgan fingerprint density at radius 1 is 1.00 bits per heavy atom. The van der Waals surface area contributed by atoms with Gasteiger partial charge in [-0.05, 0) is 55.8 Å². The van der Waals surface area contributed by atoms with Gasteiger partial charge in [0.25, 0.3) is 0 Å². The van der Waals surface area contributed by atoms with Gasteiger partial charge in [-0.1, -0.05) is 57.9 Å². The molecular formula is C26H22BrNO4. The third kappa shape index (κ3) is 5.08. The van der Waals surface area contributed by atoms with Crippen LogP contribution >= 0.6 is 15.9 Å². The number of hydrogen-bond donors (Lipinski definition) is 0. The first-order valence-electron chi connectivity index (χ1n) is 10.3. The van der Waals surface area contributed by atoms with Gasteiger partial charge in [-0.3, -0.25) is 0 Å². The molecule has 0 radical (unpaired) electrons. The van der Waals surface area contributed by atoms with E-state index in [9.17, 15) is 4.79 Å². The van der Waals surface area contributed by atoms with Gasteiger partial charge in [0.2, 0.25) is 5.90 Å². The molecule has 0 spiro atoms. The molecule has 0 saturated carbocycles. The standard InChI is InChI=1S/C26H22BrNO4/c1-3-30-24-15-18(11-12-23(24)31-16-20-8-4-5-10-21(20)27)14-22-26(29)32-25(28-22)19-9-6-7-17(2)13-19/h4-15H,3,16H2,1-2H3/b22-14-. The van der Waals surface area contributed by atoms with Crippen LogP contribution in [0.2, 0.25) is 0 Å². The predicted octanol–water partition coefficient (Wildman–Crippen LogP) is 6.08. The number of rotatable bonds is 7. The Bertz CT molecular complexity index is 1220. The summed E-state index contributed by atoms with van der Waals surface area (Å²) in [7, 11) is 0. The Balaban J connectivity index is 1.57. The minimum absolute atomic E-state index is 0.242. The normalized spacial score (nSPS) is 14.3. The Morgan fingerprint density at radius 3 is 2.62 bits per heavy atom. The van der Waals surface area contributed by atoms with E-state index >= 15 is 0 Å². The highest BCUT2D eigenvalue weighted by molar-refractivity contribution is 9.10. The van der Waals surface area contributed by atoms with E-state index in [2.05, 4.69) is 20.9 Å². The first-order chi connectivity index (χ1) is 15.5. The number of hydrogen-bond acceptors (Lipinski definition) is 5. The van der Waals surface area contributed by atoms with Crippen LogP contribution in [0.15, 0.2) is 81.9 Å². The average Bonchev–Trinajstić information content (AvgIpc) is 3.15. The van der Waals surface area contributed by atoms with Gasteiger partial charge >= 0.3 is 5.97 Å². The van der Waals surface area contributed by atoms with Crippen LogP contribution in [-0.4, -0.2) is 18.5 Å². The third-order valence-electron chi connectivity index (χ3n) is 4.80. The predicted molar refractivity (Wildman–Crippen MR) is 128 cm³/mol. The summed E-state index contributed by atoms with van der Waals surface area (Å²) in [4.78, 5) is 16.7. The lowest BCUT2D eigenvalue weighted by Gasteiger charge is -2.13. The summed E-state index contributed by atoms with van der Waals surface area (Å²) >= 11 is 3.54. The van der Waals surface area contributed by atoms with E-state index in [1.807, 2.05) is 80.6 Å². The highest BCUT2D eigenvalue weighted by Crippen LogP contribution is 2.31. The van der Waals surface area contributed by atoms with Gasteiger partial charge in [0.1, 0.15) is 6.61 Å². The molecule has 1 aliphatic heterocycles. The zero-order chi connectivity index (χ0) is 22.5. The molecule has 0 aromatic heterocycles. The van der Waals surface area contributed by atoms with E-state index in [-0.39, 0.29) is 5.70 Å². The van der Waals surface area contributed by atoms with Crippen LogP contribution in [0.3, 0.4) is 0 Å². The quantitative estimate of drug-likeness (QED) is 0.296. The molecule has 32 heavy (non-hydrogen) atoms.